The van der Waals surface area contributed by atoms with Gasteiger partial charge in [-0.1, -0.05) is 0 Å². The molecular weight excluding hydrogens is 192 g/mol. The first kappa shape index (κ1) is 12.3. The maximum atomic E-state index is 5.34. The lowest BCUT2D eigenvalue weighted by molar-refractivity contribution is 0.174. The average Bonchev–Trinajstić information content (AvgIpc) is 3.02. The number of nitrogens with zero attached hydrogens (tertiary/aromatic N) is 1. The van der Waals surface area contributed by atoms with E-state index in [9.17, 15) is 0 Å². The predicted molar refractivity (Wildman–Crippen MR) is 61.5 cm³/mol. The van der Waals surface area contributed by atoms with Gasteiger partial charge in [0.15, 0.2) is 0 Å². The molecule has 0 bridgehead atoms. The van der Waals surface area contributed by atoms with E-state index in [1.807, 2.05) is 6.92 Å². The van der Waals surface area contributed by atoms with Crippen molar-refractivity contribution in [3.05, 3.63) is 0 Å². The molecule has 0 aromatic heterocycles. The molecular formula is C10H22N4O. The molecule has 0 unspecified atom stereocenters. The molecule has 0 spiro atoms. The molecule has 0 aliphatic heterocycles. The fourth-order valence-corrected chi connectivity index (χ4v) is 1.55. The van der Waals surface area contributed by atoms with Gasteiger partial charge in [-0.3, -0.25) is 10.4 Å². The van der Waals surface area contributed by atoms with Gasteiger partial charge in [0.2, 0.25) is 5.96 Å². The number of hydrogen-bond acceptors (Lipinski definition) is 3. The Kier molecular flexibility index (Phi) is 4.84. The van der Waals surface area contributed by atoms with E-state index in [2.05, 4.69) is 15.7 Å². The minimum absolute atomic E-state index is 0.382. The van der Waals surface area contributed by atoms with E-state index < -0.39 is 0 Å². The van der Waals surface area contributed by atoms with Gasteiger partial charge in [-0.2, -0.15) is 0 Å². The molecule has 1 fully saturated rings. The number of guanidine groups is 1. The Hall–Kier alpha value is -0.810. The summed E-state index contributed by atoms with van der Waals surface area (Å²) in [7, 11) is 1.74. The van der Waals surface area contributed by atoms with Crippen molar-refractivity contribution in [2.75, 3.05) is 26.8 Å². The highest BCUT2D eigenvalue weighted by Crippen LogP contribution is 2.48. The van der Waals surface area contributed by atoms with Gasteiger partial charge >= 0.3 is 0 Å². The molecule has 0 aromatic rings. The molecule has 0 amide bonds. The lowest BCUT2D eigenvalue weighted by Gasteiger charge is -2.13. The molecule has 0 radical (unpaired) electrons. The van der Waals surface area contributed by atoms with Crippen LogP contribution in [0.3, 0.4) is 0 Å². The van der Waals surface area contributed by atoms with Crippen LogP contribution in [0.15, 0.2) is 4.99 Å². The largest absolute Gasteiger partial charge is 0.385 e. The van der Waals surface area contributed by atoms with Crippen molar-refractivity contribution >= 4 is 5.96 Å². The van der Waals surface area contributed by atoms with E-state index in [1.54, 1.807) is 7.11 Å². The van der Waals surface area contributed by atoms with Crippen LogP contribution in [0.5, 0.6) is 0 Å². The average molecular weight is 214 g/mol. The van der Waals surface area contributed by atoms with Crippen LogP contribution in [-0.4, -0.2) is 32.8 Å². The molecule has 1 aliphatic rings. The van der Waals surface area contributed by atoms with Crippen LogP contribution in [0.2, 0.25) is 0 Å². The third kappa shape index (κ3) is 4.05. The van der Waals surface area contributed by atoms with Crippen molar-refractivity contribution in [1.82, 2.24) is 10.7 Å². The minimum atomic E-state index is 0.382. The zero-order valence-corrected chi connectivity index (χ0v) is 9.68. The van der Waals surface area contributed by atoms with E-state index in [0.717, 1.165) is 26.1 Å². The summed E-state index contributed by atoms with van der Waals surface area (Å²) in [5, 5.41) is 3.07. The summed E-state index contributed by atoms with van der Waals surface area (Å²) in [4.78, 5) is 4.43. The minimum Gasteiger partial charge on any atom is -0.385 e. The van der Waals surface area contributed by atoms with Gasteiger partial charge in [-0.25, -0.2) is 5.84 Å². The van der Waals surface area contributed by atoms with Crippen molar-refractivity contribution < 1.29 is 4.74 Å². The summed E-state index contributed by atoms with van der Waals surface area (Å²) in [6.07, 6.45) is 3.60. The summed E-state index contributed by atoms with van der Waals surface area (Å²) in [5.41, 5.74) is 2.95. The number of ether oxygens (including phenoxy) is 1. The topological polar surface area (TPSA) is 71.7 Å². The van der Waals surface area contributed by atoms with Crippen LogP contribution in [0.25, 0.3) is 0 Å². The first-order chi connectivity index (χ1) is 7.26. The van der Waals surface area contributed by atoms with E-state index >= 15 is 0 Å². The molecule has 0 heterocycles. The number of nitrogens with two attached hydrogens (primary N) is 1. The molecule has 4 N–H and O–H groups in total. The molecule has 1 aliphatic carbocycles. The highest BCUT2D eigenvalue weighted by atomic mass is 16.5. The third-order valence-electron chi connectivity index (χ3n) is 2.85. The van der Waals surface area contributed by atoms with Crippen LogP contribution in [0.4, 0.5) is 0 Å². The molecule has 0 aromatic carbocycles. The molecule has 15 heavy (non-hydrogen) atoms. The second kappa shape index (κ2) is 5.92. The molecule has 88 valence electrons. The highest BCUT2D eigenvalue weighted by Gasteiger charge is 2.41. The maximum absolute atomic E-state index is 5.34. The van der Waals surface area contributed by atoms with Crippen molar-refractivity contribution in [1.29, 1.82) is 0 Å². The summed E-state index contributed by atoms with van der Waals surface area (Å²) in [6, 6.07) is 0. The quantitative estimate of drug-likeness (QED) is 0.256. The Morgan fingerprint density at radius 1 is 1.53 bits per heavy atom. The third-order valence-corrected chi connectivity index (χ3v) is 2.85. The van der Waals surface area contributed by atoms with Gasteiger partial charge in [-0.05, 0) is 31.6 Å². The van der Waals surface area contributed by atoms with Crippen molar-refractivity contribution in [3.63, 3.8) is 0 Å². The van der Waals surface area contributed by atoms with Crippen LogP contribution >= 0.6 is 0 Å². The molecule has 0 atom stereocenters. The lowest BCUT2D eigenvalue weighted by atomic mass is 10.0. The van der Waals surface area contributed by atoms with E-state index in [1.165, 1.54) is 12.8 Å². The molecule has 1 rings (SSSR count). The summed E-state index contributed by atoms with van der Waals surface area (Å²) in [6.45, 7) is 4.50. The van der Waals surface area contributed by atoms with Crippen LogP contribution in [0, 0.1) is 5.41 Å². The molecule has 5 nitrogen and oxygen atoms in total. The Morgan fingerprint density at radius 2 is 2.27 bits per heavy atom. The summed E-state index contributed by atoms with van der Waals surface area (Å²) >= 11 is 0. The van der Waals surface area contributed by atoms with E-state index in [0.29, 0.717) is 11.4 Å². The first-order valence-electron chi connectivity index (χ1n) is 5.50. The number of methoxy groups -OCH3 is 1. The van der Waals surface area contributed by atoms with Crippen LogP contribution < -0.4 is 16.6 Å². The number of aliphatic imine (C=N–C) groups is 1. The van der Waals surface area contributed by atoms with Crippen molar-refractivity contribution in [3.8, 4) is 0 Å². The summed E-state index contributed by atoms with van der Waals surface area (Å²) in [5.74, 6) is 6.02. The van der Waals surface area contributed by atoms with Gasteiger partial charge in [0.1, 0.15) is 0 Å². The second-order valence-electron chi connectivity index (χ2n) is 4.08. The standard InChI is InChI=1S/C10H22N4O/c1-3-12-9(14-11)13-8-10(4-5-10)6-7-15-2/h3-8,11H2,1-2H3,(H2,12,13,14). The van der Waals surface area contributed by atoms with Crippen LogP contribution in [0.1, 0.15) is 26.2 Å². The molecule has 5 heteroatoms. The Balaban J connectivity index is 2.33. The molecule has 0 saturated heterocycles. The number of rotatable bonds is 6. The smallest absolute Gasteiger partial charge is 0.205 e. The second-order valence-corrected chi connectivity index (χ2v) is 4.08. The Bertz CT molecular complexity index is 213. The maximum Gasteiger partial charge on any atom is 0.205 e. The fourth-order valence-electron chi connectivity index (χ4n) is 1.55. The number of hydrazine groups is 1. The predicted octanol–water partition coefficient (Wildman–Crippen LogP) is 0.232. The number of nitrogens with one attached hydrogen (secondary N) is 2. The Labute approximate surface area is 91.4 Å². The summed E-state index contributed by atoms with van der Waals surface area (Å²) < 4.78 is 5.09. The Morgan fingerprint density at radius 3 is 2.73 bits per heavy atom. The monoisotopic (exact) mass is 214 g/mol. The van der Waals surface area contributed by atoms with E-state index in [4.69, 9.17) is 10.6 Å². The van der Waals surface area contributed by atoms with Gasteiger partial charge in [0, 0.05) is 26.8 Å². The molecule has 1 saturated carbocycles. The van der Waals surface area contributed by atoms with Gasteiger partial charge in [-0.15, -0.1) is 0 Å². The van der Waals surface area contributed by atoms with E-state index in [-0.39, 0.29) is 0 Å². The number of hydrogen-bond donors (Lipinski definition) is 3. The van der Waals surface area contributed by atoms with Gasteiger partial charge in [0.05, 0.1) is 0 Å². The SMILES string of the molecule is CCNC(=NCC1(CCOC)CC1)NN. The highest BCUT2D eigenvalue weighted by molar-refractivity contribution is 5.79. The zero-order valence-electron chi connectivity index (χ0n) is 9.68. The van der Waals surface area contributed by atoms with Crippen LogP contribution in [-0.2, 0) is 4.74 Å². The van der Waals surface area contributed by atoms with Crippen molar-refractivity contribution in [2.45, 2.75) is 26.2 Å². The van der Waals surface area contributed by atoms with Gasteiger partial charge < -0.3 is 10.1 Å². The zero-order chi connectivity index (χ0) is 11.1. The normalized spacial score (nSPS) is 18.7. The van der Waals surface area contributed by atoms with Crippen molar-refractivity contribution in [2.24, 2.45) is 16.3 Å². The first-order valence-corrected chi connectivity index (χ1v) is 5.50. The van der Waals surface area contributed by atoms with Gasteiger partial charge in [0.25, 0.3) is 0 Å². The fraction of sp³-hybridized carbons (Fsp3) is 0.900. The lowest BCUT2D eigenvalue weighted by Crippen LogP contribution is -2.41.